The molecule has 0 aromatic heterocycles. The molecule has 0 bridgehead atoms. The van der Waals surface area contributed by atoms with Crippen LogP contribution in [0.25, 0.3) is 0 Å². The molecule has 1 heterocycles. The maximum Gasteiger partial charge on any atom is 0.0110 e. The van der Waals surface area contributed by atoms with E-state index in [0.29, 0.717) is 0 Å². The first kappa shape index (κ1) is 14.5. The molecule has 0 saturated carbocycles. The lowest BCUT2D eigenvalue weighted by Gasteiger charge is -2.34. The van der Waals surface area contributed by atoms with Gasteiger partial charge in [0.1, 0.15) is 0 Å². The number of nitrogens with zero attached hydrogens (tertiary/aromatic N) is 2. The van der Waals surface area contributed by atoms with Crippen molar-refractivity contribution in [3.63, 3.8) is 0 Å². The Kier molecular flexibility index (Phi) is 6.38. The first-order valence-corrected chi connectivity index (χ1v) is 7.87. The average Bonchev–Trinajstić information content (AvgIpc) is 2.47. The molecule has 1 aromatic rings. The molecule has 1 saturated heterocycles. The van der Waals surface area contributed by atoms with Crippen molar-refractivity contribution in [3.05, 3.63) is 35.9 Å². The van der Waals surface area contributed by atoms with E-state index < -0.39 is 0 Å². The average molecular weight is 260 g/mol. The van der Waals surface area contributed by atoms with Crippen molar-refractivity contribution < 1.29 is 0 Å². The van der Waals surface area contributed by atoms with Gasteiger partial charge in [-0.2, -0.15) is 0 Å². The molecule has 0 N–H and O–H groups in total. The first-order valence-electron chi connectivity index (χ1n) is 7.87. The molecule has 0 radical (unpaired) electrons. The van der Waals surface area contributed by atoms with Gasteiger partial charge in [0.05, 0.1) is 0 Å². The molecule has 0 spiro atoms. The van der Waals surface area contributed by atoms with Crippen LogP contribution < -0.4 is 0 Å². The molecule has 0 amide bonds. The van der Waals surface area contributed by atoms with Crippen molar-refractivity contribution in [2.75, 3.05) is 39.3 Å². The molecule has 0 atom stereocenters. The minimum atomic E-state index is 1.22. The maximum absolute atomic E-state index is 2.63. The lowest BCUT2D eigenvalue weighted by Crippen LogP contribution is -2.46. The fraction of sp³-hybridized carbons (Fsp3) is 0.647. The van der Waals surface area contributed by atoms with Crippen LogP contribution in [0.15, 0.2) is 30.3 Å². The van der Waals surface area contributed by atoms with Gasteiger partial charge in [0, 0.05) is 26.2 Å². The van der Waals surface area contributed by atoms with E-state index in [0.717, 1.165) is 0 Å². The third-order valence-corrected chi connectivity index (χ3v) is 4.08. The van der Waals surface area contributed by atoms with Gasteiger partial charge in [-0.15, -0.1) is 0 Å². The van der Waals surface area contributed by atoms with Gasteiger partial charge in [-0.05, 0) is 37.9 Å². The van der Waals surface area contributed by atoms with E-state index in [1.807, 2.05) is 0 Å². The third-order valence-electron chi connectivity index (χ3n) is 4.08. The zero-order chi connectivity index (χ0) is 13.3. The molecule has 0 unspecified atom stereocenters. The summed E-state index contributed by atoms with van der Waals surface area (Å²) in [6, 6.07) is 10.9. The summed E-state index contributed by atoms with van der Waals surface area (Å²) in [5, 5.41) is 0. The van der Waals surface area contributed by atoms with Crippen molar-refractivity contribution in [3.8, 4) is 0 Å². The molecule has 1 fully saturated rings. The zero-order valence-corrected chi connectivity index (χ0v) is 12.4. The Bertz CT molecular complexity index is 328. The Hall–Kier alpha value is -0.860. The van der Waals surface area contributed by atoms with Crippen LogP contribution >= 0.6 is 0 Å². The summed E-state index contributed by atoms with van der Waals surface area (Å²) in [5.74, 6) is 0. The second-order valence-electron chi connectivity index (χ2n) is 5.63. The van der Waals surface area contributed by atoms with Gasteiger partial charge in [-0.25, -0.2) is 0 Å². The van der Waals surface area contributed by atoms with Crippen molar-refractivity contribution in [1.82, 2.24) is 9.80 Å². The highest BCUT2D eigenvalue weighted by Crippen LogP contribution is 2.07. The number of hydrogen-bond donors (Lipinski definition) is 0. The largest absolute Gasteiger partial charge is 0.301 e. The number of unbranched alkanes of at least 4 members (excludes halogenated alkanes) is 1. The highest BCUT2D eigenvalue weighted by atomic mass is 15.3. The lowest BCUT2D eigenvalue weighted by atomic mass is 10.1. The molecular weight excluding hydrogens is 232 g/mol. The number of rotatable bonds is 7. The van der Waals surface area contributed by atoms with Gasteiger partial charge < -0.3 is 9.80 Å². The fourth-order valence-corrected chi connectivity index (χ4v) is 2.77. The van der Waals surface area contributed by atoms with Crippen LogP contribution in [0.3, 0.4) is 0 Å². The van der Waals surface area contributed by atoms with E-state index in [-0.39, 0.29) is 0 Å². The maximum atomic E-state index is 2.63. The highest BCUT2D eigenvalue weighted by Gasteiger charge is 2.15. The highest BCUT2D eigenvalue weighted by molar-refractivity contribution is 5.14. The summed E-state index contributed by atoms with van der Waals surface area (Å²) >= 11 is 0. The van der Waals surface area contributed by atoms with Gasteiger partial charge in [0.2, 0.25) is 0 Å². The topological polar surface area (TPSA) is 6.48 Å². The molecule has 19 heavy (non-hydrogen) atoms. The Balaban J connectivity index is 1.58. The molecule has 2 heteroatoms. The van der Waals surface area contributed by atoms with Crippen LogP contribution in [0.1, 0.15) is 31.7 Å². The Morgan fingerprint density at radius 3 is 2.00 bits per heavy atom. The normalized spacial score (nSPS) is 17.7. The van der Waals surface area contributed by atoms with Crippen LogP contribution in [0.4, 0.5) is 0 Å². The van der Waals surface area contributed by atoms with Crippen LogP contribution in [0.2, 0.25) is 0 Å². The van der Waals surface area contributed by atoms with E-state index in [1.54, 1.807) is 0 Å². The van der Waals surface area contributed by atoms with Crippen molar-refractivity contribution in [1.29, 1.82) is 0 Å². The second-order valence-corrected chi connectivity index (χ2v) is 5.63. The SMILES string of the molecule is CCCCN1CCN(CCCc2ccccc2)CC1. The minimum absolute atomic E-state index is 1.22. The summed E-state index contributed by atoms with van der Waals surface area (Å²) in [4.78, 5) is 5.25. The predicted octanol–water partition coefficient (Wildman–Crippen LogP) is 3.04. The monoisotopic (exact) mass is 260 g/mol. The molecule has 1 aliphatic rings. The molecule has 106 valence electrons. The summed E-state index contributed by atoms with van der Waals surface area (Å²) in [5.41, 5.74) is 1.48. The summed E-state index contributed by atoms with van der Waals surface area (Å²) < 4.78 is 0. The standard InChI is InChI=1S/C17H28N2/c1-2-3-11-18-13-15-19(16-14-18)12-7-10-17-8-5-4-6-9-17/h4-6,8-9H,2-3,7,10-16H2,1H3. The summed E-state index contributed by atoms with van der Waals surface area (Å²) in [6.07, 6.45) is 5.18. The number of aryl methyl sites for hydroxylation is 1. The van der Waals surface area contributed by atoms with E-state index in [2.05, 4.69) is 47.1 Å². The smallest absolute Gasteiger partial charge is 0.0110 e. The number of benzene rings is 1. The Morgan fingerprint density at radius 2 is 1.42 bits per heavy atom. The molecule has 2 rings (SSSR count). The molecule has 1 aromatic carbocycles. The number of hydrogen-bond acceptors (Lipinski definition) is 2. The second kappa shape index (κ2) is 8.34. The van der Waals surface area contributed by atoms with Crippen LogP contribution in [-0.2, 0) is 6.42 Å². The molecule has 0 aliphatic carbocycles. The van der Waals surface area contributed by atoms with Crippen LogP contribution in [-0.4, -0.2) is 49.1 Å². The van der Waals surface area contributed by atoms with Gasteiger partial charge in [0.25, 0.3) is 0 Å². The Morgan fingerprint density at radius 1 is 0.842 bits per heavy atom. The molecule has 2 nitrogen and oxygen atoms in total. The Labute approximate surface area is 118 Å². The van der Waals surface area contributed by atoms with Crippen LogP contribution in [0.5, 0.6) is 0 Å². The first-order chi connectivity index (χ1) is 9.38. The lowest BCUT2D eigenvalue weighted by molar-refractivity contribution is 0.130. The zero-order valence-electron chi connectivity index (χ0n) is 12.4. The van der Waals surface area contributed by atoms with E-state index in [4.69, 9.17) is 0 Å². The van der Waals surface area contributed by atoms with Crippen molar-refractivity contribution in [2.45, 2.75) is 32.6 Å². The fourth-order valence-electron chi connectivity index (χ4n) is 2.77. The van der Waals surface area contributed by atoms with Gasteiger partial charge in [0.15, 0.2) is 0 Å². The predicted molar refractivity (Wildman–Crippen MR) is 82.6 cm³/mol. The van der Waals surface area contributed by atoms with E-state index in [9.17, 15) is 0 Å². The summed E-state index contributed by atoms with van der Waals surface area (Å²) in [6.45, 7) is 9.90. The minimum Gasteiger partial charge on any atom is -0.301 e. The van der Waals surface area contributed by atoms with Gasteiger partial charge >= 0.3 is 0 Å². The van der Waals surface area contributed by atoms with Crippen molar-refractivity contribution in [2.24, 2.45) is 0 Å². The van der Waals surface area contributed by atoms with Crippen LogP contribution in [0, 0.1) is 0 Å². The van der Waals surface area contributed by atoms with E-state index in [1.165, 1.54) is 70.5 Å². The molecular formula is C17H28N2. The molecule has 1 aliphatic heterocycles. The van der Waals surface area contributed by atoms with Gasteiger partial charge in [-0.3, -0.25) is 0 Å². The quantitative estimate of drug-likeness (QED) is 0.743. The third kappa shape index (κ3) is 5.33. The van der Waals surface area contributed by atoms with E-state index >= 15 is 0 Å². The number of piperazine rings is 1. The van der Waals surface area contributed by atoms with Crippen molar-refractivity contribution >= 4 is 0 Å². The van der Waals surface area contributed by atoms with Gasteiger partial charge in [-0.1, -0.05) is 43.7 Å². The summed E-state index contributed by atoms with van der Waals surface area (Å²) in [7, 11) is 0.